The van der Waals surface area contributed by atoms with Gasteiger partial charge in [-0.3, -0.25) is 53.3 Å². The molecular weight excluding hydrogens is 1050 g/mol. The molecule has 0 bridgehead atoms. The molecule has 3 unspecified atom stereocenters. The number of allylic oxidation sites excluding steroid dienone is 2. The Labute approximate surface area is 490 Å². The van der Waals surface area contributed by atoms with Crippen molar-refractivity contribution in [1.29, 1.82) is 0 Å². The van der Waals surface area contributed by atoms with E-state index in [0.717, 1.165) is 9.80 Å². The van der Waals surface area contributed by atoms with E-state index in [1.165, 1.54) is 94.6 Å². The van der Waals surface area contributed by atoms with Crippen LogP contribution in [0.5, 0.6) is 0 Å². The summed E-state index contributed by atoms with van der Waals surface area (Å²) in [6.07, 6.45) is 1.42. The number of rotatable bonds is 13. The molecule has 1 heterocycles. The summed E-state index contributed by atoms with van der Waals surface area (Å²) in [5.41, 5.74) is 0. The molecule has 1 rings (SSSR count). The Morgan fingerprint density at radius 1 is 0.537 bits per heavy atom. The molecular formula is C59H107N11O12. The van der Waals surface area contributed by atoms with Crippen LogP contribution >= 0.6 is 0 Å². The lowest BCUT2D eigenvalue weighted by atomic mass is 9.91. The summed E-state index contributed by atoms with van der Waals surface area (Å²) >= 11 is 0. The van der Waals surface area contributed by atoms with E-state index in [0.29, 0.717) is 6.42 Å². The molecule has 1 saturated heterocycles. The summed E-state index contributed by atoms with van der Waals surface area (Å²) in [6, 6.07) is -11.9. The van der Waals surface area contributed by atoms with Crippen molar-refractivity contribution in [2.75, 3.05) is 55.9 Å². The van der Waals surface area contributed by atoms with Gasteiger partial charge in [-0.15, -0.1) is 0 Å². The third-order valence-corrected chi connectivity index (χ3v) is 15.8. The van der Waals surface area contributed by atoms with Crippen LogP contribution in [-0.4, -0.2) is 232 Å². The summed E-state index contributed by atoms with van der Waals surface area (Å²) in [7, 11) is 9.91. The van der Waals surface area contributed by atoms with E-state index in [9.17, 15) is 48.6 Å². The van der Waals surface area contributed by atoms with Crippen LogP contribution in [0.3, 0.4) is 0 Å². The summed E-state index contributed by atoms with van der Waals surface area (Å²) < 4.78 is 0. The molecule has 1 aliphatic rings. The van der Waals surface area contributed by atoms with E-state index >= 15 is 9.59 Å². The molecule has 0 aromatic heterocycles. The van der Waals surface area contributed by atoms with Gasteiger partial charge in [0.15, 0.2) is 0 Å². The number of likely N-dealkylation sites (N-methyl/N-ethyl adjacent to an activating group) is 7. The Morgan fingerprint density at radius 3 is 1.48 bits per heavy atom. The van der Waals surface area contributed by atoms with Crippen molar-refractivity contribution in [3.8, 4) is 0 Å². The number of carbonyl (C=O) groups excluding carboxylic acids is 10. The summed E-state index contributed by atoms with van der Waals surface area (Å²) in [5, 5.41) is 34.7. The second-order valence-corrected chi connectivity index (χ2v) is 24.8. The fraction of sp³-hybridized carbons (Fsp3) is 0.797. The third-order valence-electron chi connectivity index (χ3n) is 15.8. The molecule has 1 fully saturated rings. The molecule has 0 aliphatic carbocycles. The van der Waals surface area contributed by atoms with E-state index in [-0.39, 0.29) is 43.4 Å². The number of hydrogen-bond acceptors (Lipinski definition) is 13. The molecule has 10 amide bonds. The minimum atomic E-state index is -1.60. The molecule has 82 heavy (non-hydrogen) atoms. The highest BCUT2D eigenvalue weighted by Crippen LogP contribution is 2.25. The van der Waals surface area contributed by atoms with Crippen molar-refractivity contribution in [1.82, 2.24) is 55.6 Å². The van der Waals surface area contributed by atoms with Crippen molar-refractivity contribution in [3.63, 3.8) is 0 Å². The summed E-state index contributed by atoms with van der Waals surface area (Å²) in [6.45, 7) is 27.3. The largest absolute Gasteiger partial charge is 0.390 e. The standard InChI is InChI=1S/C59H107N11O12/c1-24-26-27-37(13)49(72)48-53(76)61-41(25-2)55(78)64(17)31-45(71)65(18)39(15)51(74)63-46(35(9)10)58(81)66(19)40(16)50(73)62-42(28-32(3)4)52(75)60-38(14)54(77)67(20)43(29-33(5)6)56(79)68(21)44(30-34(7)8)57(80)69(22)47(36(11)12)59(82)70(48)23/h24,26,32-44,46-49,51,63,72,74H,25,27-31H2,1-23H3,(H,60,75)(H,61,76)(H,62,73)/b26-24+/t37-,38-,39?,40+,41+,42?,43+,44-,46+,47+,48+,49-,51?/m1/s1. The summed E-state index contributed by atoms with van der Waals surface area (Å²) in [4.78, 5) is 153. The van der Waals surface area contributed by atoms with E-state index in [1.54, 1.807) is 54.5 Å². The third kappa shape index (κ3) is 20.3. The lowest BCUT2D eigenvalue weighted by Gasteiger charge is -2.41. The first-order chi connectivity index (χ1) is 37.8. The molecule has 0 spiro atoms. The number of aliphatic hydroxyl groups excluding tert-OH is 2. The van der Waals surface area contributed by atoms with E-state index < -0.39 is 156 Å². The van der Waals surface area contributed by atoms with Gasteiger partial charge in [0.05, 0.1) is 24.7 Å². The van der Waals surface area contributed by atoms with Crippen LogP contribution in [-0.2, 0) is 47.9 Å². The molecule has 1 aliphatic heterocycles. The van der Waals surface area contributed by atoms with Crippen molar-refractivity contribution in [2.45, 2.75) is 216 Å². The number of amides is 10. The maximum atomic E-state index is 15.1. The normalized spacial score (nSPS) is 28.4. The smallest absolute Gasteiger partial charge is 0.246 e. The SMILES string of the molecule is C/C=C/C[C@@H](C)[C@@H](O)[C@H]1C(=O)N[C@@H](CC)C(=O)N(C)CC(=O)N(C)C(C)C(O)N[C@@H](C(C)C)C(=O)N(C)[C@@H](C)C(=O)NC(CC(C)C)C(=O)N[C@H](C)C(=O)N(C)[C@@H](CC(C)C)C(=O)N(C)[C@H](CC(C)C)C(=O)N(C)[C@@H](C(C)C)C(=O)N1C. The van der Waals surface area contributed by atoms with Gasteiger partial charge in [-0.2, -0.15) is 0 Å². The Kier molecular flexibility index (Phi) is 30.4. The fourth-order valence-electron chi connectivity index (χ4n) is 10.1. The Bertz CT molecular complexity index is 2210. The van der Waals surface area contributed by atoms with Crippen molar-refractivity contribution in [3.05, 3.63) is 12.2 Å². The molecule has 0 aromatic carbocycles. The predicted molar refractivity (Wildman–Crippen MR) is 316 cm³/mol. The van der Waals surface area contributed by atoms with Crippen LogP contribution in [0.1, 0.15) is 143 Å². The maximum Gasteiger partial charge on any atom is 0.246 e. The number of nitrogens with one attached hydrogen (secondary N) is 4. The van der Waals surface area contributed by atoms with Gasteiger partial charge in [-0.1, -0.05) is 95.2 Å². The first kappa shape index (κ1) is 74.3. The molecule has 6 N–H and O–H groups in total. The summed E-state index contributed by atoms with van der Waals surface area (Å²) in [5.74, 6) is -8.65. The topological polar surface area (TPSA) is 282 Å². The monoisotopic (exact) mass is 1160 g/mol. The number of carbonyl (C=O) groups is 10. The van der Waals surface area contributed by atoms with Gasteiger partial charge in [0, 0.05) is 49.3 Å². The minimum Gasteiger partial charge on any atom is -0.390 e. The Balaban J connectivity index is 4.23. The van der Waals surface area contributed by atoms with E-state index in [4.69, 9.17) is 0 Å². The Morgan fingerprint density at radius 2 is 1.01 bits per heavy atom. The van der Waals surface area contributed by atoms with Crippen LogP contribution in [0.15, 0.2) is 12.2 Å². The van der Waals surface area contributed by atoms with Gasteiger partial charge in [0.25, 0.3) is 0 Å². The average molecular weight is 1160 g/mol. The van der Waals surface area contributed by atoms with Crippen LogP contribution in [0.25, 0.3) is 0 Å². The van der Waals surface area contributed by atoms with Crippen LogP contribution < -0.4 is 21.3 Å². The predicted octanol–water partition coefficient (Wildman–Crippen LogP) is 2.03. The number of nitrogens with zero attached hydrogens (tertiary/aromatic N) is 7. The second kappa shape index (κ2) is 33.6. The molecule has 23 heteroatoms. The lowest BCUT2D eigenvalue weighted by molar-refractivity contribution is -0.157. The highest BCUT2D eigenvalue weighted by molar-refractivity contribution is 5.98. The second-order valence-electron chi connectivity index (χ2n) is 24.8. The van der Waals surface area contributed by atoms with Gasteiger partial charge < -0.3 is 60.5 Å². The van der Waals surface area contributed by atoms with Gasteiger partial charge in [0.2, 0.25) is 59.1 Å². The van der Waals surface area contributed by atoms with Crippen molar-refractivity contribution in [2.24, 2.45) is 35.5 Å². The number of aliphatic hydroxyl groups is 2. The maximum absolute atomic E-state index is 15.1. The first-order valence-corrected chi connectivity index (χ1v) is 29.3. The zero-order valence-corrected chi connectivity index (χ0v) is 53.9. The molecule has 0 saturated carbocycles. The first-order valence-electron chi connectivity index (χ1n) is 29.3. The van der Waals surface area contributed by atoms with E-state index in [1.807, 2.05) is 47.6 Å². The Hall–Kier alpha value is -5.68. The molecule has 13 atom stereocenters. The molecule has 470 valence electrons. The molecule has 23 nitrogen and oxygen atoms in total. The minimum absolute atomic E-state index is 0.0375. The lowest BCUT2D eigenvalue weighted by Crippen LogP contribution is -2.63. The van der Waals surface area contributed by atoms with Crippen LogP contribution in [0.4, 0.5) is 0 Å². The van der Waals surface area contributed by atoms with Crippen LogP contribution in [0.2, 0.25) is 0 Å². The van der Waals surface area contributed by atoms with Crippen molar-refractivity contribution >= 4 is 59.1 Å². The average Bonchev–Trinajstić information content (AvgIpc) is 3.59. The number of hydrogen-bond donors (Lipinski definition) is 6. The molecule has 0 aromatic rings. The highest BCUT2D eigenvalue weighted by atomic mass is 16.3. The fourth-order valence-corrected chi connectivity index (χ4v) is 10.1. The van der Waals surface area contributed by atoms with Gasteiger partial charge >= 0.3 is 0 Å². The van der Waals surface area contributed by atoms with E-state index in [2.05, 4.69) is 21.3 Å². The molecule has 0 radical (unpaired) electrons. The van der Waals surface area contributed by atoms with Crippen LogP contribution in [0, 0.1) is 35.5 Å². The zero-order valence-electron chi connectivity index (χ0n) is 53.9. The van der Waals surface area contributed by atoms with Gasteiger partial charge in [-0.25, -0.2) is 0 Å². The van der Waals surface area contributed by atoms with Crippen molar-refractivity contribution < 1.29 is 58.2 Å². The van der Waals surface area contributed by atoms with Gasteiger partial charge in [0.1, 0.15) is 54.6 Å². The highest BCUT2D eigenvalue weighted by Gasteiger charge is 2.45. The zero-order chi connectivity index (χ0) is 63.7. The van der Waals surface area contributed by atoms with Gasteiger partial charge in [-0.05, 0) is 95.3 Å². The quantitative estimate of drug-likeness (QED) is 0.144.